The molecule has 1 heterocycles. The number of nitrogens with two attached hydrogens (primary N) is 1. The van der Waals surface area contributed by atoms with E-state index < -0.39 is 15.8 Å². The Morgan fingerprint density at radius 1 is 1.47 bits per heavy atom. The predicted octanol–water partition coefficient (Wildman–Crippen LogP) is 1.37. The molecule has 2 rings (SSSR count). The maximum atomic E-state index is 13.2. The van der Waals surface area contributed by atoms with E-state index in [0.29, 0.717) is 5.69 Å². The SMILES string of the molecule is Nc1cc(S(=O)(=O)NCc2cnc[nH]2)c(Br)cc1F. The van der Waals surface area contributed by atoms with E-state index in [1.165, 1.54) is 12.5 Å². The Bertz CT molecular complexity index is 688. The molecule has 0 aliphatic carbocycles. The summed E-state index contributed by atoms with van der Waals surface area (Å²) in [5.41, 5.74) is 5.75. The zero-order chi connectivity index (χ0) is 14.0. The highest BCUT2D eigenvalue weighted by Crippen LogP contribution is 2.26. The van der Waals surface area contributed by atoms with Crippen LogP contribution in [0.3, 0.4) is 0 Å². The third-order valence-corrected chi connectivity index (χ3v) is 4.71. The molecular weight excluding hydrogens is 339 g/mol. The molecule has 0 aliphatic heterocycles. The monoisotopic (exact) mass is 348 g/mol. The zero-order valence-electron chi connectivity index (χ0n) is 9.52. The number of benzene rings is 1. The van der Waals surface area contributed by atoms with Crippen LogP contribution in [0.5, 0.6) is 0 Å². The molecule has 0 unspecified atom stereocenters. The number of nitrogens with zero attached hydrogens (tertiary/aromatic N) is 1. The van der Waals surface area contributed by atoms with Gasteiger partial charge in [-0.2, -0.15) is 0 Å². The maximum absolute atomic E-state index is 13.2. The lowest BCUT2D eigenvalue weighted by Crippen LogP contribution is -2.24. The largest absolute Gasteiger partial charge is 0.396 e. The van der Waals surface area contributed by atoms with Gasteiger partial charge in [0.05, 0.1) is 23.5 Å². The fourth-order valence-corrected chi connectivity index (χ4v) is 3.44. The van der Waals surface area contributed by atoms with Crippen molar-refractivity contribution in [3.05, 3.63) is 40.6 Å². The minimum atomic E-state index is -3.80. The number of sulfonamides is 1. The van der Waals surface area contributed by atoms with E-state index in [1.54, 1.807) is 0 Å². The lowest BCUT2D eigenvalue weighted by molar-refractivity contribution is 0.579. The number of aromatic nitrogens is 2. The first-order valence-electron chi connectivity index (χ1n) is 5.11. The highest BCUT2D eigenvalue weighted by atomic mass is 79.9. The van der Waals surface area contributed by atoms with Gasteiger partial charge >= 0.3 is 0 Å². The van der Waals surface area contributed by atoms with Crippen LogP contribution < -0.4 is 10.5 Å². The summed E-state index contributed by atoms with van der Waals surface area (Å²) < 4.78 is 39.8. The van der Waals surface area contributed by atoms with Crippen LogP contribution in [0.4, 0.5) is 10.1 Å². The smallest absolute Gasteiger partial charge is 0.242 e. The number of halogens is 2. The number of hydrogen-bond acceptors (Lipinski definition) is 4. The molecule has 19 heavy (non-hydrogen) atoms. The number of anilines is 1. The first-order valence-corrected chi connectivity index (χ1v) is 7.39. The first kappa shape index (κ1) is 14.0. The van der Waals surface area contributed by atoms with Gasteiger partial charge in [0.25, 0.3) is 0 Å². The third kappa shape index (κ3) is 3.11. The summed E-state index contributed by atoms with van der Waals surface area (Å²) in [5, 5.41) is 0. The van der Waals surface area contributed by atoms with E-state index in [4.69, 9.17) is 5.73 Å². The molecule has 0 saturated heterocycles. The predicted molar refractivity (Wildman–Crippen MR) is 71.1 cm³/mol. The fraction of sp³-hybridized carbons (Fsp3) is 0.100. The molecule has 0 fully saturated rings. The summed E-state index contributed by atoms with van der Waals surface area (Å²) in [6, 6.07) is 2.08. The van der Waals surface area contributed by atoms with Gasteiger partial charge in [-0.3, -0.25) is 0 Å². The van der Waals surface area contributed by atoms with Gasteiger partial charge in [0.1, 0.15) is 5.82 Å². The number of rotatable bonds is 4. The Labute approximate surface area is 117 Å². The summed E-state index contributed by atoms with van der Waals surface area (Å²) in [6.07, 6.45) is 2.94. The molecule has 9 heteroatoms. The van der Waals surface area contributed by atoms with Crippen molar-refractivity contribution in [2.24, 2.45) is 0 Å². The van der Waals surface area contributed by atoms with Gasteiger partial charge < -0.3 is 10.7 Å². The molecule has 1 aromatic heterocycles. The minimum absolute atomic E-state index is 0.0477. The number of aromatic amines is 1. The summed E-state index contributed by atoms with van der Waals surface area (Å²) in [6.45, 7) is 0.0477. The number of imidazole rings is 1. The van der Waals surface area contributed by atoms with Gasteiger partial charge in [-0.1, -0.05) is 0 Å². The number of H-pyrrole nitrogens is 1. The lowest BCUT2D eigenvalue weighted by atomic mass is 10.3. The zero-order valence-corrected chi connectivity index (χ0v) is 11.9. The van der Waals surface area contributed by atoms with Gasteiger partial charge in [-0.15, -0.1) is 0 Å². The maximum Gasteiger partial charge on any atom is 0.242 e. The summed E-state index contributed by atoms with van der Waals surface area (Å²) in [4.78, 5) is 6.41. The van der Waals surface area contributed by atoms with Crippen molar-refractivity contribution in [3.8, 4) is 0 Å². The van der Waals surface area contributed by atoms with Crippen LogP contribution >= 0.6 is 15.9 Å². The lowest BCUT2D eigenvalue weighted by Gasteiger charge is -2.09. The van der Waals surface area contributed by atoms with Crippen LogP contribution in [-0.2, 0) is 16.6 Å². The second-order valence-electron chi connectivity index (χ2n) is 3.71. The van der Waals surface area contributed by atoms with Crippen molar-refractivity contribution in [2.45, 2.75) is 11.4 Å². The topological polar surface area (TPSA) is 101 Å². The van der Waals surface area contributed by atoms with Crippen LogP contribution in [0, 0.1) is 5.82 Å². The van der Waals surface area contributed by atoms with Crippen molar-refractivity contribution in [1.82, 2.24) is 14.7 Å². The van der Waals surface area contributed by atoms with Gasteiger partial charge in [-0.25, -0.2) is 22.5 Å². The normalized spacial score (nSPS) is 11.7. The Morgan fingerprint density at radius 2 is 2.21 bits per heavy atom. The van der Waals surface area contributed by atoms with Crippen molar-refractivity contribution in [1.29, 1.82) is 0 Å². The first-order chi connectivity index (χ1) is 8.90. The molecule has 4 N–H and O–H groups in total. The van der Waals surface area contributed by atoms with Crippen LogP contribution in [0.2, 0.25) is 0 Å². The Kier molecular flexibility index (Phi) is 3.88. The van der Waals surface area contributed by atoms with E-state index in [-0.39, 0.29) is 21.6 Å². The molecule has 0 radical (unpaired) electrons. The molecule has 6 nitrogen and oxygen atoms in total. The number of nitrogens with one attached hydrogen (secondary N) is 2. The molecule has 0 atom stereocenters. The second kappa shape index (κ2) is 5.27. The van der Waals surface area contributed by atoms with E-state index in [0.717, 1.165) is 12.1 Å². The van der Waals surface area contributed by atoms with E-state index in [1.807, 2.05) is 0 Å². The number of hydrogen-bond donors (Lipinski definition) is 3. The molecule has 2 aromatic rings. The van der Waals surface area contributed by atoms with Gasteiger partial charge in [0.2, 0.25) is 10.0 Å². The average molecular weight is 349 g/mol. The molecule has 0 bridgehead atoms. The molecule has 0 saturated carbocycles. The van der Waals surface area contributed by atoms with Crippen molar-refractivity contribution < 1.29 is 12.8 Å². The Hall–Kier alpha value is -1.45. The molecule has 1 aromatic carbocycles. The van der Waals surface area contributed by atoms with E-state index in [9.17, 15) is 12.8 Å². The highest BCUT2D eigenvalue weighted by Gasteiger charge is 2.19. The van der Waals surface area contributed by atoms with Gasteiger partial charge in [0, 0.05) is 16.4 Å². The second-order valence-corrected chi connectivity index (χ2v) is 6.30. The molecule has 0 spiro atoms. The summed E-state index contributed by atoms with van der Waals surface area (Å²) in [5.74, 6) is -0.681. The minimum Gasteiger partial charge on any atom is -0.396 e. The Morgan fingerprint density at radius 3 is 2.84 bits per heavy atom. The Balaban J connectivity index is 2.27. The van der Waals surface area contributed by atoms with Crippen LogP contribution in [0.1, 0.15) is 5.69 Å². The highest BCUT2D eigenvalue weighted by molar-refractivity contribution is 9.10. The van der Waals surface area contributed by atoms with Gasteiger partial charge in [-0.05, 0) is 28.1 Å². The summed E-state index contributed by atoms with van der Waals surface area (Å²) >= 11 is 3.00. The van der Waals surface area contributed by atoms with E-state index in [2.05, 4.69) is 30.6 Å². The van der Waals surface area contributed by atoms with Crippen molar-refractivity contribution in [3.63, 3.8) is 0 Å². The fourth-order valence-electron chi connectivity index (χ4n) is 1.38. The molecule has 0 aliphatic rings. The van der Waals surface area contributed by atoms with Crippen LogP contribution in [0.15, 0.2) is 34.0 Å². The molecule has 102 valence electrons. The average Bonchev–Trinajstić information content (AvgIpc) is 2.84. The summed E-state index contributed by atoms with van der Waals surface area (Å²) in [7, 11) is -3.80. The van der Waals surface area contributed by atoms with Gasteiger partial charge in [0.15, 0.2) is 0 Å². The molecule has 0 amide bonds. The van der Waals surface area contributed by atoms with E-state index >= 15 is 0 Å². The van der Waals surface area contributed by atoms with Crippen LogP contribution in [0.25, 0.3) is 0 Å². The van der Waals surface area contributed by atoms with Crippen LogP contribution in [-0.4, -0.2) is 18.4 Å². The standard InChI is InChI=1S/C10H10BrFN4O2S/c11-7-1-8(12)9(13)2-10(7)19(17,18)16-4-6-3-14-5-15-6/h1-3,5,16H,4,13H2,(H,14,15). The van der Waals surface area contributed by atoms with Crippen molar-refractivity contribution >= 4 is 31.6 Å². The molecular formula is C10H10BrFN4O2S. The third-order valence-electron chi connectivity index (χ3n) is 2.35. The number of nitrogen functional groups attached to an aromatic ring is 1. The van der Waals surface area contributed by atoms with Crippen molar-refractivity contribution in [2.75, 3.05) is 5.73 Å². The quantitative estimate of drug-likeness (QED) is 0.726.